The molecule has 0 aromatic carbocycles. The molecule has 1 rings (SSSR count). The Morgan fingerprint density at radius 1 is 1.44 bits per heavy atom. The minimum absolute atomic E-state index is 0.198. The van der Waals surface area contributed by atoms with Gasteiger partial charge >= 0.3 is 12.1 Å². The molecule has 5 heteroatoms. The van der Waals surface area contributed by atoms with E-state index in [1.165, 1.54) is 4.88 Å². The minimum atomic E-state index is -0.198. The molecule has 1 heterocycles. The minimum Gasteiger partial charge on any atom is -0.462 e. The van der Waals surface area contributed by atoms with Crippen molar-refractivity contribution in [3.05, 3.63) is 21.4 Å². The first kappa shape index (κ1) is 14.6. The summed E-state index contributed by atoms with van der Waals surface area (Å²) in [5, 5.41) is 1.88. The van der Waals surface area contributed by atoms with E-state index in [2.05, 4.69) is 6.92 Å². The van der Waals surface area contributed by atoms with Crippen LogP contribution in [0, 0.1) is 6.92 Å². The number of esters is 1. The maximum absolute atomic E-state index is 11.4. The third-order valence-electron chi connectivity index (χ3n) is 1.96. The topological polar surface area (TPSA) is 60.4 Å². The van der Waals surface area contributed by atoms with Crippen molar-refractivity contribution in [2.24, 2.45) is 0 Å². The van der Waals surface area contributed by atoms with Crippen LogP contribution in [0.3, 0.4) is 0 Å². The van der Waals surface area contributed by atoms with Gasteiger partial charge < -0.3 is 4.74 Å². The zero-order chi connectivity index (χ0) is 12.6. The van der Waals surface area contributed by atoms with Crippen molar-refractivity contribution in [2.45, 2.75) is 27.2 Å². The first-order chi connectivity index (χ1) is 7.62. The zero-order valence-corrected chi connectivity index (χ0v) is 10.3. The van der Waals surface area contributed by atoms with Gasteiger partial charge in [0.1, 0.15) is 0 Å². The second-order valence-electron chi connectivity index (χ2n) is 2.85. The molecule has 0 saturated carbocycles. The van der Waals surface area contributed by atoms with E-state index in [1.54, 1.807) is 11.3 Å². The molecule has 0 spiro atoms. The number of rotatable bonds is 3. The van der Waals surface area contributed by atoms with Gasteiger partial charge in [0.25, 0.3) is 0 Å². The molecule has 0 fully saturated rings. The monoisotopic (exact) mass is 242 g/mol. The molecule has 0 radical (unpaired) electrons. The van der Waals surface area contributed by atoms with Gasteiger partial charge in [-0.05, 0) is 25.8 Å². The van der Waals surface area contributed by atoms with E-state index >= 15 is 0 Å². The molecule has 1 aromatic heterocycles. The Bertz CT molecular complexity index is 375. The van der Waals surface area contributed by atoms with Gasteiger partial charge in [-0.15, -0.1) is 11.3 Å². The van der Waals surface area contributed by atoms with Gasteiger partial charge in [-0.25, -0.2) is 4.79 Å². The summed E-state index contributed by atoms with van der Waals surface area (Å²) in [5.74, 6) is -0.198. The molecule has 0 aliphatic rings. The number of hydrogen-bond acceptors (Lipinski definition) is 5. The summed E-state index contributed by atoms with van der Waals surface area (Å²) >= 11 is 1.63. The van der Waals surface area contributed by atoms with Gasteiger partial charge in [0.05, 0.1) is 12.2 Å². The van der Waals surface area contributed by atoms with Crippen molar-refractivity contribution >= 4 is 23.5 Å². The highest BCUT2D eigenvalue weighted by atomic mass is 32.1. The van der Waals surface area contributed by atoms with E-state index in [4.69, 9.17) is 14.3 Å². The number of hydrogen-bond donors (Lipinski definition) is 0. The maximum atomic E-state index is 11.4. The van der Waals surface area contributed by atoms with Crippen LogP contribution in [0.15, 0.2) is 5.38 Å². The van der Waals surface area contributed by atoms with Crippen LogP contribution in [0.2, 0.25) is 0 Å². The average Bonchev–Trinajstić information content (AvgIpc) is 2.61. The van der Waals surface area contributed by atoms with Crippen LogP contribution >= 0.6 is 11.3 Å². The molecule has 4 nitrogen and oxygen atoms in total. The van der Waals surface area contributed by atoms with Crippen LogP contribution in [-0.2, 0) is 20.7 Å². The van der Waals surface area contributed by atoms with E-state index in [9.17, 15) is 4.79 Å². The number of carbonyl (C=O) groups is 1. The summed E-state index contributed by atoms with van der Waals surface area (Å²) in [4.78, 5) is 28.9. The van der Waals surface area contributed by atoms with Crippen molar-refractivity contribution in [3.63, 3.8) is 0 Å². The molecule has 0 atom stereocenters. The molecule has 0 N–H and O–H groups in total. The Kier molecular flexibility index (Phi) is 7.09. The fourth-order valence-corrected chi connectivity index (χ4v) is 2.20. The van der Waals surface area contributed by atoms with Crippen LogP contribution in [0.25, 0.3) is 0 Å². The lowest BCUT2D eigenvalue weighted by atomic mass is 10.1. The normalized spacial score (nSPS) is 8.69. The van der Waals surface area contributed by atoms with Gasteiger partial charge in [0, 0.05) is 10.3 Å². The van der Waals surface area contributed by atoms with E-state index in [0.717, 1.165) is 17.5 Å². The van der Waals surface area contributed by atoms with Gasteiger partial charge in [-0.3, -0.25) is 0 Å². The predicted octanol–water partition coefficient (Wildman–Crippen LogP) is 2.21. The SMILES string of the molecule is CCOC(=O)c1csc(CC)c1C.O=C=O. The molecule has 0 aliphatic heterocycles. The van der Waals surface area contributed by atoms with E-state index in [-0.39, 0.29) is 12.1 Å². The highest BCUT2D eigenvalue weighted by Crippen LogP contribution is 2.22. The lowest BCUT2D eigenvalue weighted by molar-refractivity contribution is -0.191. The Balaban J connectivity index is 0.000000673. The molecule has 0 amide bonds. The molecule has 0 saturated heterocycles. The Hall–Kier alpha value is -1.45. The third kappa shape index (κ3) is 3.96. The number of thiophene rings is 1. The summed E-state index contributed by atoms with van der Waals surface area (Å²) in [6.07, 6.45) is 1.23. The zero-order valence-electron chi connectivity index (χ0n) is 9.53. The number of ether oxygens (including phenoxy) is 1. The summed E-state index contributed by atoms with van der Waals surface area (Å²) in [7, 11) is 0. The summed E-state index contributed by atoms with van der Waals surface area (Å²) in [5.41, 5.74) is 1.80. The predicted molar refractivity (Wildman–Crippen MR) is 59.4 cm³/mol. The standard InChI is InChI=1S/C10H14O2S.CO2/c1-4-9-7(3)8(6-13-9)10(11)12-5-2;2-1-3/h6H,4-5H2,1-3H3;. The second-order valence-corrected chi connectivity index (χ2v) is 3.82. The van der Waals surface area contributed by atoms with Gasteiger partial charge in [-0.1, -0.05) is 6.92 Å². The number of aryl methyl sites for hydroxylation is 1. The summed E-state index contributed by atoms with van der Waals surface area (Å²) in [6, 6.07) is 0. The van der Waals surface area contributed by atoms with Crippen LogP contribution in [0.4, 0.5) is 0 Å². The smallest absolute Gasteiger partial charge is 0.373 e. The van der Waals surface area contributed by atoms with Crippen molar-refractivity contribution in [1.82, 2.24) is 0 Å². The van der Waals surface area contributed by atoms with E-state index < -0.39 is 0 Å². The lowest BCUT2D eigenvalue weighted by Gasteiger charge is -2.00. The van der Waals surface area contributed by atoms with Gasteiger partial charge in [0.15, 0.2) is 0 Å². The summed E-state index contributed by atoms with van der Waals surface area (Å²) < 4.78 is 4.93. The largest absolute Gasteiger partial charge is 0.462 e. The van der Waals surface area contributed by atoms with Gasteiger partial charge in [0.2, 0.25) is 0 Å². The Morgan fingerprint density at radius 2 is 2.00 bits per heavy atom. The highest BCUT2D eigenvalue weighted by molar-refractivity contribution is 7.10. The lowest BCUT2D eigenvalue weighted by Crippen LogP contribution is -2.04. The molecule has 0 aliphatic carbocycles. The first-order valence-corrected chi connectivity index (χ1v) is 5.73. The fourth-order valence-electron chi connectivity index (χ4n) is 1.22. The maximum Gasteiger partial charge on any atom is 0.373 e. The molecular weight excluding hydrogens is 228 g/mol. The van der Waals surface area contributed by atoms with Crippen LogP contribution < -0.4 is 0 Å². The molecule has 16 heavy (non-hydrogen) atoms. The average molecular weight is 242 g/mol. The van der Waals surface area contributed by atoms with Crippen molar-refractivity contribution in [3.8, 4) is 0 Å². The highest BCUT2D eigenvalue weighted by Gasteiger charge is 2.13. The second kappa shape index (κ2) is 7.79. The van der Waals surface area contributed by atoms with Crippen LogP contribution in [0.5, 0.6) is 0 Å². The molecule has 88 valence electrons. The van der Waals surface area contributed by atoms with E-state index in [1.807, 2.05) is 19.2 Å². The molecular formula is C11H14O4S. The Morgan fingerprint density at radius 3 is 2.38 bits per heavy atom. The molecule has 0 bridgehead atoms. The summed E-state index contributed by atoms with van der Waals surface area (Å²) in [6.45, 7) is 6.32. The van der Waals surface area contributed by atoms with Gasteiger partial charge in [-0.2, -0.15) is 9.59 Å². The van der Waals surface area contributed by atoms with Crippen molar-refractivity contribution < 1.29 is 19.1 Å². The van der Waals surface area contributed by atoms with E-state index in [0.29, 0.717) is 6.61 Å². The number of carbonyl (C=O) groups excluding carboxylic acids is 3. The fraction of sp³-hybridized carbons (Fsp3) is 0.455. The molecule has 1 aromatic rings. The Labute approximate surface area is 98.2 Å². The van der Waals surface area contributed by atoms with Crippen LogP contribution in [0.1, 0.15) is 34.6 Å². The van der Waals surface area contributed by atoms with Crippen molar-refractivity contribution in [1.29, 1.82) is 0 Å². The quantitative estimate of drug-likeness (QED) is 0.762. The molecule has 0 unspecified atom stereocenters. The van der Waals surface area contributed by atoms with Crippen molar-refractivity contribution in [2.75, 3.05) is 6.61 Å². The first-order valence-electron chi connectivity index (χ1n) is 4.85. The third-order valence-corrected chi connectivity index (χ3v) is 3.19. The van der Waals surface area contributed by atoms with Crippen LogP contribution in [-0.4, -0.2) is 18.7 Å².